The van der Waals surface area contributed by atoms with E-state index in [9.17, 15) is 4.79 Å². The number of benzene rings is 1. The molecule has 1 heterocycles. The van der Waals surface area contributed by atoms with Gasteiger partial charge < -0.3 is 5.32 Å². The topological polar surface area (TPSA) is 29.1 Å². The zero-order chi connectivity index (χ0) is 12.5. The second kappa shape index (κ2) is 4.85. The molecule has 1 aromatic rings. The van der Waals surface area contributed by atoms with Crippen molar-refractivity contribution in [1.29, 1.82) is 0 Å². The van der Waals surface area contributed by atoms with Gasteiger partial charge in [0.1, 0.15) is 0 Å². The fourth-order valence-electron chi connectivity index (χ4n) is 2.94. The summed E-state index contributed by atoms with van der Waals surface area (Å²) in [5.74, 6) is 1.29. The number of carbonyl (C=O) groups is 1. The van der Waals surface area contributed by atoms with Gasteiger partial charge in [0.2, 0.25) is 0 Å². The van der Waals surface area contributed by atoms with Crippen molar-refractivity contribution in [2.24, 2.45) is 5.92 Å². The maximum absolute atomic E-state index is 12.7. The molecule has 1 aliphatic heterocycles. The molecule has 96 valence electrons. The molecule has 0 amide bonds. The molecular weight excluding hydrogens is 222 g/mol. The first-order valence-corrected chi connectivity index (χ1v) is 7.11. The average molecular weight is 243 g/mol. The summed E-state index contributed by atoms with van der Waals surface area (Å²) >= 11 is 0. The van der Waals surface area contributed by atoms with Crippen LogP contribution in [-0.4, -0.2) is 18.9 Å². The lowest BCUT2D eigenvalue weighted by Crippen LogP contribution is -2.32. The molecular formula is C16H21NO. The molecule has 18 heavy (non-hydrogen) atoms. The summed E-state index contributed by atoms with van der Waals surface area (Å²) in [6, 6.07) is 6.44. The van der Waals surface area contributed by atoms with Gasteiger partial charge in [-0.25, -0.2) is 0 Å². The summed E-state index contributed by atoms with van der Waals surface area (Å²) in [4.78, 5) is 12.7. The van der Waals surface area contributed by atoms with Gasteiger partial charge in [-0.15, -0.1) is 0 Å². The predicted molar refractivity (Wildman–Crippen MR) is 73.1 cm³/mol. The van der Waals surface area contributed by atoms with Crippen LogP contribution in [0.15, 0.2) is 18.2 Å². The van der Waals surface area contributed by atoms with E-state index >= 15 is 0 Å². The Morgan fingerprint density at radius 1 is 1.17 bits per heavy atom. The quantitative estimate of drug-likeness (QED) is 0.827. The maximum Gasteiger partial charge on any atom is 0.166 e. The van der Waals surface area contributed by atoms with Gasteiger partial charge >= 0.3 is 0 Å². The van der Waals surface area contributed by atoms with Crippen LogP contribution in [0.5, 0.6) is 0 Å². The number of carbonyl (C=O) groups excluding carboxylic acids is 1. The summed E-state index contributed by atoms with van der Waals surface area (Å²) in [5.41, 5.74) is 3.53. The number of ketones is 1. The van der Waals surface area contributed by atoms with Gasteiger partial charge in [-0.3, -0.25) is 4.79 Å². The second-order valence-electron chi connectivity index (χ2n) is 5.75. The first kappa shape index (κ1) is 11.9. The molecule has 2 heteroatoms. The fraction of sp³-hybridized carbons (Fsp3) is 0.562. The highest BCUT2D eigenvalue weighted by Gasteiger charge is 2.30. The molecule has 0 aromatic heterocycles. The SMILES string of the molecule is Cc1ccc(C2CC2)c(C(=O)C2CCNCC2)c1. The normalized spacial score (nSPS) is 20.9. The standard InChI is InChI=1S/C16H21NO/c1-11-2-5-14(12-3-4-12)15(10-11)16(18)13-6-8-17-9-7-13/h2,5,10,12-13,17H,3-4,6-9H2,1H3. The minimum absolute atomic E-state index is 0.241. The van der Waals surface area contributed by atoms with Gasteiger partial charge in [0.05, 0.1) is 0 Å². The van der Waals surface area contributed by atoms with Crippen LogP contribution in [0.4, 0.5) is 0 Å². The number of aryl methyl sites for hydroxylation is 1. The van der Waals surface area contributed by atoms with Crippen LogP contribution in [0.25, 0.3) is 0 Å². The molecule has 0 atom stereocenters. The van der Waals surface area contributed by atoms with E-state index in [1.54, 1.807) is 0 Å². The van der Waals surface area contributed by atoms with Crippen LogP contribution < -0.4 is 5.32 Å². The first-order valence-electron chi connectivity index (χ1n) is 7.11. The molecule has 1 aromatic carbocycles. The lowest BCUT2D eigenvalue weighted by molar-refractivity contribution is 0.0894. The molecule has 1 N–H and O–H groups in total. The van der Waals surface area contributed by atoms with Crippen molar-refractivity contribution in [2.75, 3.05) is 13.1 Å². The van der Waals surface area contributed by atoms with Crippen LogP contribution >= 0.6 is 0 Å². The number of nitrogens with one attached hydrogen (secondary N) is 1. The van der Waals surface area contributed by atoms with E-state index in [1.807, 2.05) is 0 Å². The summed E-state index contributed by atoms with van der Waals surface area (Å²) < 4.78 is 0. The average Bonchev–Trinajstić information content (AvgIpc) is 3.23. The lowest BCUT2D eigenvalue weighted by Gasteiger charge is -2.22. The van der Waals surface area contributed by atoms with Crippen molar-refractivity contribution in [3.63, 3.8) is 0 Å². The zero-order valence-corrected chi connectivity index (χ0v) is 11.0. The molecule has 2 fully saturated rings. The van der Waals surface area contributed by atoms with E-state index in [-0.39, 0.29) is 5.92 Å². The summed E-state index contributed by atoms with van der Waals surface area (Å²) in [5, 5.41) is 3.33. The molecule has 1 saturated heterocycles. The third-order valence-corrected chi connectivity index (χ3v) is 4.20. The number of hydrogen-bond donors (Lipinski definition) is 1. The Hall–Kier alpha value is -1.15. The number of hydrogen-bond acceptors (Lipinski definition) is 2. The Labute approximate surface area is 109 Å². The number of piperidine rings is 1. The van der Waals surface area contributed by atoms with Gasteiger partial charge in [0, 0.05) is 11.5 Å². The molecule has 0 unspecified atom stereocenters. The largest absolute Gasteiger partial charge is 0.317 e. The van der Waals surface area contributed by atoms with Gasteiger partial charge in [-0.05, 0) is 63.2 Å². The molecule has 1 saturated carbocycles. The second-order valence-corrected chi connectivity index (χ2v) is 5.75. The van der Waals surface area contributed by atoms with Crippen LogP contribution in [0.1, 0.15) is 53.1 Å². The molecule has 0 bridgehead atoms. The van der Waals surface area contributed by atoms with Crippen molar-refractivity contribution in [2.45, 2.75) is 38.5 Å². The minimum Gasteiger partial charge on any atom is -0.317 e. The Balaban J connectivity index is 1.89. The van der Waals surface area contributed by atoms with E-state index in [2.05, 4.69) is 30.4 Å². The molecule has 0 radical (unpaired) electrons. The Kier molecular flexibility index (Phi) is 3.21. The smallest absolute Gasteiger partial charge is 0.166 e. The molecule has 2 nitrogen and oxygen atoms in total. The monoisotopic (exact) mass is 243 g/mol. The van der Waals surface area contributed by atoms with Crippen molar-refractivity contribution >= 4 is 5.78 Å². The predicted octanol–water partition coefficient (Wildman–Crippen LogP) is 3.05. The molecule has 3 rings (SSSR count). The first-order chi connectivity index (χ1) is 8.75. The van der Waals surface area contributed by atoms with Crippen LogP contribution in [-0.2, 0) is 0 Å². The van der Waals surface area contributed by atoms with Crippen LogP contribution in [0.2, 0.25) is 0 Å². The summed E-state index contributed by atoms with van der Waals surface area (Å²) in [6.45, 7) is 4.05. The minimum atomic E-state index is 0.241. The summed E-state index contributed by atoms with van der Waals surface area (Å²) in [7, 11) is 0. The number of Topliss-reactive ketones (excluding diaryl/α,β-unsaturated/α-hetero) is 1. The Bertz CT molecular complexity index is 456. The van der Waals surface area contributed by atoms with Crippen LogP contribution in [0, 0.1) is 12.8 Å². The van der Waals surface area contributed by atoms with E-state index in [0.717, 1.165) is 31.5 Å². The van der Waals surface area contributed by atoms with Crippen molar-refractivity contribution in [3.05, 3.63) is 34.9 Å². The Morgan fingerprint density at radius 3 is 2.56 bits per heavy atom. The van der Waals surface area contributed by atoms with Crippen molar-refractivity contribution in [1.82, 2.24) is 5.32 Å². The molecule has 2 aliphatic rings. The molecule has 1 aliphatic carbocycles. The lowest BCUT2D eigenvalue weighted by atomic mass is 9.86. The van der Waals surface area contributed by atoms with Crippen molar-refractivity contribution in [3.8, 4) is 0 Å². The van der Waals surface area contributed by atoms with E-state index < -0.39 is 0 Å². The Morgan fingerprint density at radius 2 is 1.89 bits per heavy atom. The zero-order valence-electron chi connectivity index (χ0n) is 11.0. The third kappa shape index (κ3) is 2.35. The van der Waals surface area contributed by atoms with Gasteiger partial charge in [-0.2, -0.15) is 0 Å². The highest BCUT2D eigenvalue weighted by molar-refractivity contribution is 5.99. The number of rotatable bonds is 3. The summed E-state index contributed by atoms with van der Waals surface area (Å²) in [6.07, 6.45) is 4.51. The molecule has 0 spiro atoms. The highest BCUT2D eigenvalue weighted by atomic mass is 16.1. The van der Waals surface area contributed by atoms with Crippen molar-refractivity contribution < 1.29 is 4.79 Å². The highest BCUT2D eigenvalue weighted by Crippen LogP contribution is 2.42. The van der Waals surface area contributed by atoms with Gasteiger partial charge in [-0.1, -0.05) is 17.7 Å². The van der Waals surface area contributed by atoms with E-state index in [1.165, 1.54) is 24.0 Å². The van der Waals surface area contributed by atoms with E-state index in [0.29, 0.717) is 11.7 Å². The fourth-order valence-corrected chi connectivity index (χ4v) is 2.94. The van der Waals surface area contributed by atoms with Gasteiger partial charge in [0.25, 0.3) is 0 Å². The third-order valence-electron chi connectivity index (χ3n) is 4.20. The van der Waals surface area contributed by atoms with E-state index in [4.69, 9.17) is 0 Å². The van der Waals surface area contributed by atoms with Gasteiger partial charge in [0.15, 0.2) is 5.78 Å². The maximum atomic E-state index is 12.7. The van der Waals surface area contributed by atoms with Crippen LogP contribution in [0.3, 0.4) is 0 Å².